The summed E-state index contributed by atoms with van der Waals surface area (Å²) < 4.78 is 32.3. The van der Waals surface area contributed by atoms with Crippen molar-refractivity contribution in [3.05, 3.63) is 5.89 Å². The lowest BCUT2D eigenvalue weighted by atomic mass is 9.73. The Bertz CT molecular complexity index is 679. The molecule has 0 radical (unpaired) electrons. The van der Waals surface area contributed by atoms with Crippen LogP contribution >= 0.6 is 0 Å². The molecule has 0 spiro atoms. The van der Waals surface area contributed by atoms with Crippen molar-refractivity contribution < 1.29 is 18.0 Å². The number of piperidine rings is 1. The van der Waals surface area contributed by atoms with Crippen molar-refractivity contribution in [1.82, 2.24) is 15.5 Å². The number of alkyl halides is 2. The molecule has 1 aromatic heterocycles. The monoisotopic (exact) mass is 354 g/mol. The summed E-state index contributed by atoms with van der Waals surface area (Å²) in [4.78, 5) is 14.3. The topological polar surface area (TPSA) is 71.3 Å². The van der Waals surface area contributed by atoms with Gasteiger partial charge in [-0.25, -0.2) is 8.78 Å². The summed E-state index contributed by atoms with van der Waals surface area (Å²) in [6, 6.07) is 0.592. The van der Waals surface area contributed by atoms with Crippen LogP contribution in [0.2, 0.25) is 0 Å². The Morgan fingerprint density at radius 2 is 2.04 bits per heavy atom. The van der Waals surface area contributed by atoms with Crippen LogP contribution in [-0.2, 0) is 4.79 Å². The number of anilines is 1. The second-order valence-electron chi connectivity index (χ2n) is 8.06. The number of carbonyl (C=O) groups is 1. The van der Waals surface area contributed by atoms with Crippen LogP contribution in [0.3, 0.4) is 0 Å². The van der Waals surface area contributed by atoms with Gasteiger partial charge in [-0.15, -0.1) is 5.10 Å². The van der Waals surface area contributed by atoms with Gasteiger partial charge in [0.05, 0.1) is 0 Å². The molecular weight excluding hydrogens is 330 g/mol. The number of aromatic nitrogens is 2. The minimum atomic E-state index is -2.85. The van der Waals surface area contributed by atoms with Crippen molar-refractivity contribution >= 4 is 11.9 Å². The molecule has 1 N–H and O–H groups in total. The number of halogens is 2. The fraction of sp³-hybridized carbons (Fsp3) is 0.824. The smallest absolute Gasteiger partial charge is 0.318 e. The maximum atomic E-state index is 13.4. The van der Waals surface area contributed by atoms with E-state index in [0.29, 0.717) is 23.7 Å². The van der Waals surface area contributed by atoms with Crippen LogP contribution in [0.15, 0.2) is 4.42 Å². The van der Waals surface area contributed by atoms with Crippen molar-refractivity contribution in [1.29, 1.82) is 0 Å². The average molecular weight is 354 g/mol. The Balaban J connectivity index is 1.32. The molecule has 4 atom stereocenters. The predicted octanol–water partition coefficient (Wildman–Crippen LogP) is 2.53. The first-order chi connectivity index (χ1) is 11.8. The van der Waals surface area contributed by atoms with Crippen LogP contribution in [0.1, 0.15) is 44.9 Å². The summed E-state index contributed by atoms with van der Waals surface area (Å²) in [5.41, 5.74) is -1.50. The van der Waals surface area contributed by atoms with Crippen LogP contribution in [0.4, 0.5) is 14.8 Å². The van der Waals surface area contributed by atoms with Crippen molar-refractivity contribution in [3.63, 3.8) is 0 Å². The zero-order valence-electron chi connectivity index (χ0n) is 14.6. The first-order valence-electron chi connectivity index (χ1n) is 9.02. The second kappa shape index (κ2) is 5.64. The minimum Gasteiger partial charge on any atom is -0.408 e. The predicted molar refractivity (Wildman–Crippen MR) is 86.3 cm³/mol. The number of aryl methyl sites for hydroxylation is 1. The van der Waals surface area contributed by atoms with Gasteiger partial charge in [-0.05, 0) is 44.4 Å². The number of hydrogen-bond donors (Lipinski definition) is 1. The summed E-state index contributed by atoms with van der Waals surface area (Å²) >= 11 is 0. The van der Waals surface area contributed by atoms with Gasteiger partial charge in [-0.3, -0.25) is 4.79 Å². The molecule has 1 amide bonds. The SMILES string of the molecule is Cc1nnc(N2CCC3CC(NC(=O)C4(C)CC4(F)F)CCC3C2)o1. The zero-order chi connectivity index (χ0) is 17.8. The van der Waals surface area contributed by atoms with E-state index in [0.717, 1.165) is 38.8 Å². The third kappa shape index (κ3) is 2.89. The van der Waals surface area contributed by atoms with Gasteiger partial charge in [0.15, 0.2) is 0 Å². The van der Waals surface area contributed by atoms with Gasteiger partial charge < -0.3 is 14.6 Å². The minimum absolute atomic E-state index is 0.0131. The molecule has 25 heavy (non-hydrogen) atoms. The Labute approximate surface area is 145 Å². The Hall–Kier alpha value is -1.73. The van der Waals surface area contributed by atoms with E-state index in [9.17, 15) is 13.6 Å². The fourth-order valence-corrected chi connectivity index (χ4v) is 4.33. The number of nitrogens with one attached hydrogen (secondary N) is 1. The van der Waals surface area contributed by atoms with Crippen molar-refractivity contribution in [2.45, 2.75) is 57.9 Å². The van der Waals surface area contributed by atoms with E-state index in [4.69, 9.17) is 4.42 Å². The van der Waals surface area contributed by atoms with Crippen LogP contribution in [0, 0.1) is 24.2 Å². The number of rotatable bonds is 3. The molecule has 1 aliphatic heterocycles. The van der Waals surface area contributed by atoms with Gasteiger partial charge in [-0.2, -0.15) is 0 Å². The van der Waals surface area contributed by atoms with Gasteiger partial charge in [0.1, 0.15) is 5.41 Å². The van der Waals surface area contributed by atoms with Gasteiger partial charge >= 0.3 is 6.01 Å². The second-order valence-corrected chi connectivity index (χ2v) is 8.06. The summed E-state index contributed by atoms with van der Waals surface area (Å²) in [6.07, 6.45) is 3.35. The van der Waals surface area contributed by atoms with E-state index in [-0.39, 0.29) is 12.5 Å². The number of hydrogen-bond acceptors (Lipinski definition) is 5. The average Bonchev–Trinajstić information content (AvgIpc) is 2.90. The van der Waals surface area contributed by atoms with E-state index in [1.54, 1.807) is 6.92 Å². The third-order valence-corrected chi connectivity index (χ3v) is 6.24. The summed E-state index contributed by atoms with van der Waals surface area (Å²) in [5, 5.41) is 10.9. The molecule has 0 aromatic carbocycles. The molecule has 2 heterocycles. The Morgan fingerprint density at radius 3 is 2.68 bits per heavy atom. The van der Waals surface area contributed by atoms with Crippen molar-refractivity contribution in [3.8, 4) is 0 Å². The summed E-state index contributed by atoms with van der Waals surface area (Å²) in [6.45, 7) is 4.86. The van der Waals surface area contributed by atoms with E-state index < -0.39 is 17.2 Å². The van der Waals surface area contributed by atoms with Gasteiger partial charge in [0, 0.05) is 32.5 Å². The molecule has 2 aliphatic carbocycles. The first kappa shape index (κ1) is 16.7. The highest BCUT2D eigenvalue weighted by Crippen LogP contribution is 2.60. The molecule has 138 valence electrons. The number of nitrogens with zero attached hydrogens (tertiary/aromatic N) is 3. The molecule has 3 aliphatic rings. The number of amides is 1. The molecule has 1 aromatic rings. The molecule has 0 bridgehead atoms. The largest absolute Gasteiger partial charge is 0.408 e. The van der Waals surface area contributed by atoms with E-state index in [1.165, 1.54) is 6.92 Å². The molecule has 2 saturated carbocycles. The van der Waals surface area contributed by atoms with Crippen molar-refractivity contribution in [2.75, 3.05) is 18.0 Å². The lowest BCUT2D eigenvalue weighted by Crippen LogP contribution is -2.49. The molecule has 8 heteroatoms. The quantitative estimate of drug-likeness (QED) is 0.903. The van der Waals surface area contributed by atoms with Crippen LogP contribution in [0.5, 0.6) is 0 Å². The highest BCUT2D eigenvalue weighted by molar-refractivity contribution is 5.87. The first-order valence-corrected chi connectivity index (χ1v) is 9.02. The molecule has 1 saturated heterocycles. The Morgan fingerprint density at radius 1 is 1.28 bits per heavy atom. The molecule has 4 rings (SSSR count). The normalized spacial score (nSPS) is 36.6. The van der Waals surface area contributed by atoms with Crippen molar-refractivity contribution in [2.24, 2.45) is 17.3 Å². The molecule has 3 fully saturated rings. The zero-order valence-corrected chi connectivity index (χ0v) is 14.6. The van der Waals surface area contributed by atoms with Gasteiger partial charge in [-0.1, -0.05) is 5.10 Å². The van der Waals surface area contributed by atoms with E-state index >= 15 is 0 Å². The van der Waals surface area contributed by atoms with Crippen LogP contribution < -0.4 is 10.2 Å². The highest BCUT2D eigenvalue weighted by Gasteiger charge is 2.72. The van der Waals surface area contributed by atoms with Gasteiger partial charge in [0.2, 0.25) is 11.8 Å². The molecular formula is C17H24F2N4O2. The fourth-order valence-electron chi connectivity index (χ4n) is 4.33. The molecule has 6 nitrogen and oxygen atoms in total. The maximum Gasteiger partial charge on any atom is 0.318 e. The lowest BCUT2D eigenvalue weighted by Gasteiger charge is -2.43. The summed E-state index contributed by atoms with van der Waals surface area (Å²) in [5.74, 6) is -1.74. The molecule has 4 unspecified atom stereocenters. The van der Waals surface area contributed by atoms with E-state index in [1.807, 2.05) is 0 Å². The maximum absolute atomic E-state index is 13.4. The summed E-state index contributed by atoms with van der Waals surface area (Å²) in [7, 11) is 0. The lowest BCUT2D eigenvalue weighted by molar-refractivity contribution is -0.130. The number of fused-ring (bicyclic) bond motifs is 1. The van der Waals surface area contributed by atoms with E-state index in [2.05, 4.69) is 20.4 Å². The highest BCUT2D eigenvalue weighted by atomic mass is 19.3. The van der Waals surface area contributed by atoms with Crippen LogP contribution in [-0.4, -0.2) is 41.2 Å². The van der Waals surface area contributed by atoms with Gasteiger partial charge in [0.25, 0.3) is 5.92 Å². The third-order valence-electron chi connectivity index (χ3n) is 6.24. The number of carbonyl (C=O) groups excluding carboxylic acids is 1. The standard InChI is InChI=1S/C17H24F2N4O2/c1-10-21-22-15(25-10)23-6-5-11-7-13(4-3-12(11)8-23)20-14(24)16(2)9-17(16,18)19/h11-13H,3-9H2,1-2H3,(H,20,24). The van der Waals surface area contributed by atoms with Crippen LogP contribution in [0.25, 0.3) is 0 Å². The Kier molecular flexibility index (Phi) is 3.77.